The Labute approximate surface area is 157 Å². The summed E-state index contributed by atoms with van der Waals surface area (Å²) in [5.41, 5.74) is 1.43. The molecule has 2 heterocycles. The van der Waals surface area contributed by atoms with Crippen LogP contribution in [0.4, 0.5) is 0 Å². The maximum Gasteiger partial charge on any atom is 0.277 e. The fourth-order valence-corrected chi connectivity index (χ4v) is 4.68. The second kappa shape index (κ2) is 8.85. The molecule has 1 N–H and O–H groups in total. The molecule has 0 fully saturated rings. The summed E-state index contributed by atoms with van der Waals surface area (Å²) in [6, 6.07) is 2.19. The third-order valence-corrected chi connectivity index (χ3v) is 6.42. The van der Waals surface area contributed by atoms with Crippen LogP contribution in [0.5, 0.6) is 0 Å². The van der Waals surface area contributed by atoms with Gasteiger partial charge in [0.2, 0.25) is 5.91 Å². The van der Waals surface area contributed by atoms with Gasteiger partial charge >= 0.3 is 0 Å². The maximum atomic E-state index is 11.8. The number of hydrogen-bond donors (Lipinski definition) is 1. The Bertz CT molecular complexity index is 711. The van der Waals surface area contributed by atoms with E-state index in [1.54, 1.807) is 11.3 Å². The van der Waals surface area contributed by atoms with E-state index in [-0.39, 0.29) is 5.91 Å². The number of carbonyl (C=O) groups excluding carboxylic acids is 1. The Morgan fingerprint density at radius 2 is 2.32 bits per heavy atom. The van der Waals surface area contributed by atoms with Crippen molar-refractivity contribution in [2.24, 2.45) is 5.92 Å². The van der Waals surface area contributed by atoms with Crippen LogP contribution < -0.4 is 5.32 Å². The monoisotopic (exact) mass is 379 g/mol. The van der Waals surface area contributed by atoms with Crippen molar-refractivity contribution in [1.29, 1.82) is 0 Å². The molecule has 0 saturated heterocycles. The van der Waals surface area contributed by atoms with Crippen LogP contribution in [0.25, 0.3) is 10.8 Å². The van der Waals surface area contributed by atoms with Gasteiger partial charge in [0.15, 0.2) is 0 Å². The molecule has 1 aliphatic carbocycles. The van der Waals surface area contributed by atoms with Gasteiger partial charge in [0, 0.05) is 11.4 Å². The van der Waals surface area contributed by atoms with E-state index in [0.29, 0.717) is 16.9 Å². The van der Waals surface area contributed by atoms with Gasteiger partial charge in [0.05, 0.1) is 10.6 Å². The average molecular weight is 380 g/mol. The van der Waals surface area contributed by atoms with Gasteiger partial charge in [-0.1, -0.05) is 38.5 Å². The second-order valence-electron chi connectivity index (χ2n) is 6.63. The lowest BCUT2D eigenvalue weighted by atomic mass is 9.90. The van der Waals surface area contributed by atoms with E-state index >= 15 is 0 Å². The molecule has 1 amide bonds. The van der Waals surface area contributed by atoms with E-state index in [2.05, 4.69) is 35.4 Å². The number of unbranched alkanes of at least 4 members (excludes halogenated alkanes) is 2. The predicted octanol–water partition coefficient (Wildman–Crippen LogP) is 4.32. The lowest BCUT2D eigenvalue weighted by molar-refractivity contribution is -0.118. The Balaban J connectivity index is 1.52. The number of thiophene rings is 1. The molecule has 7 heteroatoms. The molecule has 0 aromatic carbocycles. The summed E-state index contributed by atoms with van der Waals surface area (Å²) in [4.78, 5) is 14.3. The fourth-order valence-electron chi connectivity index (χ4n) is 2.96. The third-order valence-electron chi connectivity index (χ3n) is 4.38. The van der Waals surface area contributed by atoms with Gasteiger partial charge in [-0.05, 0) is 43.2 Å². The zero-order valence-corrected chi connectivity index (χ0v) is 16.5. The van der Waals surface area contributed by atoms with Crippen molar-refractivity contribution in [1.82, 2.24) is 15.5 Å². The van der Waals surface area contributed by atoms with E-state index in [1.807, 2.05) is 0 Å². The van der Waals surface area contributed by atoms with Gasteiger partial charge in [-0.15, -0.1) is 21.5 Å². The van der Waals surface area contributed by atoms with Crippen molar-refractivity contribution in [2.75, 3.05) is 12.3 Å². The number of nitrogens with zero attached hydrogens (tertiary/aromatic N) is 2. The van der Waals surface area contributed by atoms with Crippen LogP contribution in [-0.4, -0.2) is 28.4 Å². The van der Waals surface area contributed by atoms with Crippen molar-refractivity contribution in [3.05, 3.63) is 16.5 Å². The van der Waals surface area contributed by atoms with Crippen LogP contribution >= 0.6 is 23.1 Å². The molecule has 0 unspecified atom stereocenters. The summed E-state index contributed by atoms with van der Waals surface area (Å²) in [6.45, 7) is 5.19. The number of carbonyl (C=O) groups is 1. The quantitative estimate of drug-likeness (QED) is 0.546. The largest absolute Gasteiger partial charge is 0.410 e. The predicted molar refractivity (Wildman–Crippen MR) is 102 cm³/mol. The topological polar surface area (TPSA) is 68.0 Å². The molecular weight excluding hydrogens is 354 g/mol. The minimum absolute atomic E-state index is 0.0152. The molecule has 2 aromatic rings. The van der Waals surface area contributed by atoms with Crippen LogP contribution in [0, 0.1) is 5.92 Å². The first-order valence-electron chi connectivity index (χ1n) is 9.00. The molecule has 1 atom stereocenters. The number of thioether (sulfide) groups is 1. The number of aryl methyl sites for hydroxylation is 1. The molecule has 0 bridgehead atoms. The second-order valence-corrected chi connectivity index (χ2v) is 8.69. The van der Waals surface area contributed by atoms with Crippen LogP contribution in [0.15, 0.2) is 15.7 Å². The summed E-state index contributed by atoms with van der Waals surface area (Å²) in [7, 11) is 0. The molecular formula is C18H25N3O2S2. The van der Waals surface area contributed by atoms with Crippen LogP contribution in [0.2, 0.25) is 0 Å². The van der Waals surface area contributed by atoms with Crippen molar-refractivity contribution in [3.8, 4) is 10.8 Å². The number of amides is 1. The van der Waals surface area contributed by atoms with Crippen molar-refractivity contribution >= 4 is 29.0 Å². The van der Waals surface area contributed by atoms with E-state index < -0.39 is 0 Å². The Morgan fingerprint density at radius 3 is 3.16 bits per heavy atom. The Kier molecular flexibility index (Phi) is 6.53. The van der Waals surface area contributed by atoms with Gasteiger partial charge in [-0.25, -0.2) is 0 Å². The third kappa shape index (κ3) is 5.07. The van der Waals surface area contributed by atoms with E-state index in [1.165, 1.54) is 28.6 Å². The average Bonchev–Trinajstić information content (AvgIpc) is 3.23. The summed E-state index contributed by atoms with van der Waals surface area (Å²) in [5, 5.41) is 11.6. The summed E-state index contributed by atoms with van der Waals surface area (Å²) < 4.78 is 5.74. The fraction of sp³-hybridized carbons (Fsp3) is 0.611. The minimum atomic E-state index is 0.0152. The lowest BCUT2D eigenvalue weighted by Gasteiger charge is -2.16. The van der Waals surface area contributed by atoms with E-state index in [9.17, 15) is 4.79 Å². The van der Waals surface area contributed by atoms with Crippen LogP contribution in [-0.2, 0) is 17.6 Å². The number of aromatic nitrogens is 2. The standard InChI is InChI=1S/C18H25N3O2S2/c1-3-4-5-8-19-16(22)11-24-18-21-20-17(23-18)15-10-13-9-12(2)6-7-14(13)25-15/h10,12H,3-9,11H2,1-2H3,(H,19,22)/t12-/m1/s1. The molecule has 5 nitrogen and oxygen atoms in total. The number of hydrogen-bond acceptors (Lipinski definition) is 6. The van der Waals surface area contributed by atoms with Crippen LogP contribution in [0.1, 0.15) is 50.0 Å². The smallest absolute Gasteiger partial charge is 0.277 e. The highest BCUT2D eigenvalue weighted by Crippen LogP contribution is 2.37. The van der Waals surface area contributed by atoms with Crippen LogP contribution in [0.3, 0.4) is 0 Å². The highest BCUT2D eigenvalue weighted by Gasteiger charge is 2.21. The summed E-state index contributed by atoms with van der Waals surface area (Å²) in [5.74, 6) is 1.64. The van der Waals surface area contributed by atoms with Gasteiger partial charge in [-0.3, -0.25) is 4.79 Å². The maximum absolute atomic E-state index is 11.8. The van der Waals surface area contributed by atoms with E-state index in [0.717, 1.165) is 49.4 Å². The number of nitrogens with one attached hydrogen (secondary N) is 1. The first-order valence-corrected chi connectivity index (χ1v) is 10.8. The van der Waals surface area contributed by atoms with Gasteiger partial charge in [0.1, 0.15) is 0 Å². The molecule has 0 saturated carbocycles. The first-order chi connectivity index (χ1) is 12.2. The summed E-state index contributed by atoms with van der Waals surface area (Å²) >= 11 is 3.05. The molecule has 0 aliphatic heterocycles. The molecule has 0 spiro atoms. The Hall–Kier alpha value is -1.34. The zero-order chi connectivity index (χ0) is 17.6. The molecule has 25 heavy (non-hydrogen) atoms. The summed E-state index contributed by atoms with van der Waals surface area (Å²) in [6.07, 6.45) is 6.86. The molecule has 3 rings (SSSR count). The van der Waals surface area contributed by atoms with Gasteiger partial charge < -0.3 is 9.73 Å². The van der Waals surface area contributed by atoms with Crippen molar-refractivity contribution in [3.63, 3.8) is 0 Å². The normalized spacial score (nSPS) is 16.6. The first kappa shape index (κ1) is 18.5. The highest BCUT2D eigenvalue weighted by atomic mass is 32.2. The minimum Gasteiger partial charge on any atom is -0.410 e. The number of rotatable bonds is 8. The molecule has 2 aromatic heterocycles. The van der Waals surface area contributed by atoms with E-state index in [4.69, 9.17) is 4.42 Å². The molecule has 1 aliphatic rings. The highest BCUT2D eigenvalue weighted by molar-refractivity contribution is 7.99. The van der Waals surface area contributed by atoms with Gasteiger partial charge in [-0.2, -0.15) is 0 Å². The van der Waals surface area contributed by atoms with Gasteiger partial charge in [0.25, 0.3) is 11.1 Å². The SMILES string of the molecule is CCCCCNC(=O)CSc1nnc(-c2cc3c(s2)CC[C@@H](C)C3)o1. The number of fused-ring (bicyclic) bond motifs is 1. The van der Waals surface area contributed by atoms with Crippen molar-refractivity contribution < 1.29 is 9.21 Å². The lowest BCUT2D eigenvalue weighted by Crippen LogP contribution is -2.26. The molecule has 0 radical (unpaired) electrons. The Morgan fingerprint density at radius 1 is 1.44 bits per heavy atom. The molecule has 136 valence electrons. The van der Waals surface area contributed by atoms with Crippen molar-refractivity contribution in [2.45, 2.75) is 57.6 Å². The zero-order valence-electron chi connectivity index (χ0n) is 14.8.